The van der Waals surface area contributed by atoms with Crippen molar-refractivity contribution in [3.05, 3.63) is 0 Å². The topological polar surface area (TPSA) is 36.9 Å². The zero-order chi connectivity index (χ0) is 21.1. The summed E-state index contributed by atoms with van der Waals surface area (Å²) in [6.07, 6.45) is 21.5. The summed E-state index contributed by atoms with van der Waals surface area (Å²) >= 11 is -0.865. The van der Waals surface area contributed by atoms with Crippen molar-refractivity contribution in [1.29, 1.82) is 0 Å². The van der Waals surface area contributed by atoms with Gasteiger partial charge in [-0.3, -0.25) is 0 Å². The molecule has 1 radical (unpaired) electrons. The molecule has 0 aliphatic rings. The predicted molar refractivity (Wildman–Crippen MR) is 132 cm³/mol. The van der Waals surface area contributed by atoms with E-state index in [1.165, 1.54) is 103 Å². The largest absolute Gasteiger partial charge is 0.649 e. The Balaban J connectivity index is 0. The molecule has 0 heterocycles. The summed E-state index contributed by atoms with van der Waals surface area (Å²) in [5.41, 5.74) is 0. The van der Waals surface area contributed by atoms with E-state index in [0.717, 1.165) is 13.2 Å². The fourth-order valence-corrected chi connectivity index (χ4v) is 3.88. The molecule has 0 aromatic heterocycles. The molecule has 0 spiro atoms. The molecule has 0 rings (SSSR count). The standard InChI is InChI=1S/2C12H25O2.Al.Na.H/c2*1-2-3-4-5-6-7-8-9-11-14-12-10-13;;;/h2*2-12H2,1H3;;;/q2*-1;+2;;. The summed E-state index contributed by atoms with van der Waals surface area (Å²) < 4.78 is 22.3. The molecule has 0 fully saturated rings. The van der Waals surface area contributed by atoms with Gasteiger partial charge in [-0.05, 0) is 12.8 Å². The Morgan fingerprint density at radius 2 is 0.733 bits per heavy atom. The van der Waals surface area contributed by atoms with Crippen molar-refractivity contribution < 1.29 is 17.1 Å². The maximum Gasteiger partial charge on any atom is 0.649 e. The molecular weight excluding hydrogens is 402 g/mol. The van der Waals surface area contributed by atoms with Gasteiger partial charge in [0, 0.05) is 56.0 Å². The molecule has 0 aliphatic heterocycles. The van der Waals surface area contributed by atoms with E-state index in [1.54, 1.807) is 0 Å². The van der Waals surface area contributed by atoms with Crippen molar-refractivity contribution in [2.45, 2.75) is 117 Å². The third-order valence-corrected chi connectivity index (χ3v) is 6.11. The third-order valence-electron chi connectivity index (χ3n) is 5.20. The van der Waals surface area contributed by atoms with Crippen molar-refractivity contribution in [3.8, 4) is 0 Å². The summed E-state index contributed by atoms with van der Waals surface area (Å²) in [6, 6.07) is 0. The number of unbranched alkanes of at least 4 members (excludes halogenated alkanes) is 14. The summed E-state index contributed by atoms with van der Waals surface area (Å²) in [7, 11) is 0. The first-order chi connectivity index (χ1) is 14.4. The van der Waals surface area contributed by atoms with Gasteiger partial charge in [-0.2, -0.15) is 0 Å². The third kappa shape index (κ3) is 31.6. The van der Waals surface area contributed by atoms with E-state index in [4.69, 9.17) is 17.1 Å². The first-order valence-electron chi connectivity index (χ1n) is 12.7. The van der Waals surface area contributed by atoms with Gasteiger partial charge in [0.2, 0.25) is 0 Å². The molecule has 0 bridgehead atoms. The molecule has 0 amide bonds. The SMILES string of the molecule is CCCCCCCCCCOCC[O][AlH][O]CCOCCCCCCCCCC.[Na]. The van der Waals surface area contributed by atoms with Crippen LogP contribution in [-0.2, 0) is 17.1 Å². The second-order valence-corrected chi connectivity index (χ2v) is 9.16. The summed E-state index contributed by atoms with van der Waals surface area (Å²) in [4.78, 5) is 0. The van der Waals surface area contributed by atoms with E-state index in [2.05, 4.69) is 13.8 Å². The Morgan fingerprint density at radius 1 is 0.400 bits per heavy atom. The second kappa shape index (κ2) is 32.6. The van der Waals surface area contributed by atoms with E-state index in [9.17, 15) is 0 Å². The van der Waals surface area contributed by atoms with Crippen LogP contribution >= 0.6 is 0 Å². The Hall–Kier alpha value is 1.37. The summed E-state index contributed by atoms with van der Waals surface area (Å²) in [5, 5.41) is 0. The molecule has 0 unspecified atom stereocenters. The van der Waals surface area contributed by atoms with Crippen molar-refractivity contribution in [2.24, 2.45) is 0 Å². The van der Waals surface area contributed by atoms with Gasteiger partial charge < -0.3 is 17.1 Å². The van der Waals surface area contributed by atoms with Crippen molar-refractivity contribution in [3.63, 3.8) is 0 Å². The molecule has 4 nitrogen and oxygen atoms in total. The molecule has 0 aromatic carbocycles. The van der Waals surface area contributed by atoms with Gasteiger partial charge >= 0.3 is 15.9 Å². The average Bonchev–Trinajstić information content (AvgIpc) is 2.74. The van der Waals surface area contributed by atoms with Gasteiger partial charge in [0.25, 0.3) is 0 Å². The molecule has 30 heavy (non-hydrogen) atoms. The zero-order valence-electron chi connectivity index (χ0n) is 20.9. The number of ether oxygens (including phenoxy) is 2. The van der Waals surface area contributed by atoms with E-state index >= 15 is 0 Å². The Kier molecular flexibility index (Phi) is 36.4. The minimum atomic E-state index is -0.865. The minimum absolute atomic E-state index is 0. The van der Waals surface area contributed by atoms with Crippen LogP contribution in [-0.4, -0.2) is 85.1 Å². The first kappa shape index (κ1) is 33.5. The van der Waals surface area contributed by atoms with E-state index in [1.807, 2.05) is 0 Å². The van der Waals surface area contributed by atoms with Crippen LogP contribution in [0.15, 0.2) is 0 Å². The maximum absolute atomic E-state index is 5.61. The molecule has 175 valence electrons. The first-order valence-corrected chi connectivity index (χ1v) is 13.9. The van der Waals surface area contributed by atoms with Crippen LogP contribution in [0.25, 0.3) is 0 Å². The second-order valence-electron chi connectivity index (χ2n) is 8.11. The normalized spacial score (nSPS) is 10.9. The summed E-state index contributed by atoms with van der Waals surface area (Å²) in [5.74, 6) is 0. The molecule has 0 aliphatic carbocycles. The van der Waals surface area contributed by atoms with Gasteiger partial charge in [0.1, 0.15) is 0 Å². The molecular formula is C24H51AlNaO4. The predicted octanol–water partition coefficient (Wildman–Crippen LogP) is 6.22. The number of hydrogen-bond acceptors (Lipinski definition) is 4. The van der Waals surface area contributed by atoms with Crippen LogP contribution in [0, 0.1) is 0 Å². The fraction of sp³-hybridized carbons (Fsp3) is 1.00. The maximum atomic E-state index is 5.61. The smallest absolute Gasteiger partial charge is 0.479 e. The average molecular weight is 454 g/mol. The Labute approximate surface area is 217 Å². The molecule has 0 aromatic rings. The van der Waals surface area contributed by atoms with E-state index < -0.39 is 15.9 Å². The summed E-state index contributed by atoms with van der Waals surface area (Å²) in [6.45, 7) is 9.00. The molecule has 6 heteroatoms. The Bertz CT molecular complexity index is 260. The van der Waals surface area contributed by atoms with Gasteiger partial charge in [-0.15, -0.1) is 0 Å². The van der Waals surface area contributed by atoms with Crippen molar-refractivity contribution in [1.82, 2.24) is 0 Å². The molecule has 0 saturated heterocycles. The monoisotopic (exact) mass is 453 g/mol. The van der Waals surface area contributed by atoms with Gasteiger partial charge in [-0.25, -0.2) is 0 Å². The molecule has 0 N–H and O–H groups in total. The van der Waals surface area contributed by atoms with Gasteiger partial charge in [-0.1, -0.05) is 104 Å². The van der Waals surface area contributed by atoms with Gasteiger partial charge in [0.15, 0.2) is 0 Å². The van der Waals surface area contributed by atoms with Crippen molar-refractivity contribution >= 4 is 45.4 Å². The number of rotatable bonds is 26. The number of hydrogen-bond donors (Lipinski definition) is 0. The van der Waals surface area contributed by atoms with E-state index in [0.29, 0.717) is 26.4 Å². The molecule has 0 saturated carbocycles. The van der Waals surface area contributed by atoms with Crippen LogP contribution < -0.4 is 0 Å². The fourth-order valence-electron chi connectivity index (χ4n) is 3.29. The van der Waals surface area contributed by atoms with Crippen molar-refractivity contribution in [2.75, 3.05) is 39.6 Å². The van der Waals surface area contributed by atoms with Crippen LogP contribution in [0.1, 0.15) is 117 Å². The van der Waals surface area contributed by atoms with Crippen LogP contribution in [0.3, 0.4) is 0 Å². The van der Waals surface area contributed by atoms with Crippen LogP contribution in [0.4, 0.5) is 0 Å². The zero-order valence-corrected chi connectivity index (χ0v) is 24.3. The quantitative estimate of drug-likeness (QED) is 0.115. The van der Waals surface area contributed by atoms with E-state index in [-0.39, 0.29) is 29.6 Å². The molecule has 0 atom stereocenters. The van der Waals surface area contributed by atoms with Crippen LogP contribution in [0.2, 0.25) is 0 Å². The van der Waals surface area contributed by atoms with Crippen LogP contribution in [0.5, 0.6) is 0 Å². The Morgan fingerprint density at radius 3 is 1.10 bits per heavy atom. The van der Waals surface area contributed by atoms with Gasteiger partial charge in [0.05, 0.1) is 13.2 Å². The minimum Gasteiger partial charge on any atom is -0.479 e.